The minimum Gasteiger partial charge on any atom is -0.497 e. The van der Waals surface area contributed by atoms with Crippen LogP contribution in [0.25, 0.3) is 10.8 Å². The van der Waals surface area contributed by atoms with Gasteiger partial charge in [0.2, 0.25) is 0 Å². The number of benzene rings is 2. The van der Waals surface area contributed by atoms with Gasteiger partial charge in [-0.1, -0.05) is 31.2 Å². The van der Waals surface area contributed by atoms with E-state index in [2.05, 4.69) is 31.2 Å². The molecule has 0 radical (unpaired) electrons. The van der Waals surface area contributed by atoms with E-state index in [1.807, 2.05) is 26.0 Å². The Balaban J connectivity index is 2.55. The van der Waals surface area contributed by atoms with Crippen LogP contribution < -0.4 is 10.5 Å². The lowest BCUT2D eigenvalue weighted by atomic mass is 9.66. The Hall–Kier alpha value is -1.58. The molecule has 1 unspecified atom stereocenters. The normalized spacial score (nSPS) is 15.0. The fourth-order valence-corrected chi connectivity index (χ4v) is 2.76. The molecular formula is C18H25NO2. The predicted molar refractivity (Wildman–Crippen MR) is 87.8 cm³/mol. The number of hydrogen-bond donors (Lipinski definition) is 2. The van der Waals surface area contributed by atoms with Gasteiger partial charge < -0.3 is 15.6 Å². The van der Waals surface area contributed by atoms with Crippen LogP contribution in [0.15, 0.2) is 36.4 Å². The van der Waals surface area contributed by atoms with E-state index in [0.29, 0.717) is 6.42 Å². The molecule has 3 heteroatoms. The number of nitrogens with two attached hydrogens (primary N) is 1. The number of rotatable bonds is 5. The van der Waals surface area contributed by atoms with Crippen LogP contribution in [0.3, 0.4) is 0 Å². The summed E-state index contributed by atoms with van der Waals surface area (Å²) < 4.78 is 5.26. The van der Waals surface area contributed by atoms with Gasteiger partial charge in [0.05, 0.1) is 7.11 Å². The molecule has 2 aromatic rings. The van der Waals surface area contributed by atoms with Crippen LogP contribution in [0.5, 0.6) is 5.75 Å². The summed E-state index contributed by atoms with van der Waals surface area (Å²) in [5, 5.41) is 11.7. The number of ether oxygens (including phenoxy) is 1. The SMILES string of the molecule is COc1ccc2cc(C(C)(CCO)C(C)(C)N)ccc2c1. The molecule has 0 amide bonds. The number of aliphatic hydroxyl groups excluding tert-OH is 1. The van der Waals surface area contributed by atoms with Gasteiger partial charge in [0.25, 0.3) is 0 Å². The molecule has 114 valence electrons. The van der Waals surface area contributed by atoms with Crippen molar-refractivity contribution in [3.63, 3.8) is 0 Å². The summed E-state index contributed by atoms with van der Waals surface area (Å²) in [6.45, 7) is 6.27. The minimum atomic E-state index is -0.421. The number of hydrogen-bond acceptors (Lipinski definition) is 3. The third kappa shape index (κ3) is 2.89. The van der Waals surface area contributed by atoms with Crippen molar-refractivity contribution < 1.29 is 9.84 Å². The Morgan fingerprint density at radius 3 is 2.24 bits per heavy atom. The van der Waals surface area contributed by atoms with E-state index < -0.39 is 5.54 Å². The molecule has 3 N–H and O–H groups in total. The summed E-state index contributed by atoms with van der Waals surface area (Å²) in [5.41, 5.74) is 6.84. The molecule has 0 saturated carbocycles. The highest BCUT2D eigenvalue weighted by atomic mass is 16.5. The third-order valence-electron chi connectivity index (χ3n) is 4.72. The first-order valence-electron chi connectivity index (χ1n) is 7.30. The molecule has 0 heterocycles. The first kappa shape index (κ1) is 15.8. The van der Waals surface area contributed by atoms with Gasteiger partial charge in [-0.25, -0.2) is 0 Å². The van der Waals surface area contributed by atoms with E-state index in [4.69, 9.17) is 10.5 Å². The maximum Gasteiger partial charge on any atom is 0.119 e. The quantitative estimate of drug-likeness (QED) is 0.887. The average molecular weight is 287 g/mol. The van der Waals surface area contributed by atoms with Crippen LogP contribution in [0.1, 0.15) is 32.8 Å². The van der Waals surface area contributed by atoms with E-state index in [0.717, 1.165) is 22.1 Å². The molecule has 1 atom stereocenters. The zero-order chi connectivity index (χ0) is 15.7. The zero-order valence-electron chi connectivity index (χ0n) is 13.3. The Morgan fingerprint density at radius 2 is 1.67 bits per heavy atom. The largest absolute Gasteiger partial charge is 0.497 e. The van der Waals surface area contributed by atoms with Crippen molar-refractivity contribution in [1.82, 2.24) is 0 Å². The van der Waals surface area contributed by atoms with E-state index >= 15 is 0 Å². The minimum absolute atomic E-state index is 0.123. The van der Waals surface area contributed by atoms with Gasteiger partial charge >= 0.3 is 0 Å². The lowest BCUT2D eigenvalue weighted by molar-refractivity contribution is 0.190. The van der Waals surface area contributed by atoms with Crippen LogP contribution in [0, 0.1) is 0 Å². The first-order valence-corrected chi connectivity index (χ1v) is 7.30. The topological polar surface area (TPSA) is 55.5 Å². The zero-order valence-corrected chi connectivity index (χ0v) is 13.3. The highest BCUT2D eigenvalue weighted by Gasteiger charge is 2.39. The highest BCUT2D eigenvalue weighted by Crippen LogP contribution is 2.38. The fraction of sp³-hybridized carbons (Fsp3) is 0.444. The monoisotopic (exact) mass is 287 g/mol. The van der Waals surface area contributed by atoms with E-state index in [1.54, 1.807) is 7.11 Å². The number of fused-ring (bicyclic) bond motifs is 1. The van der Waals surface area contributed by atoms with Gasteiger partial charge in [-0.2, -0.15) is 0 Å². The Kier molecular flexibility index (Phi) is 4.26. The molecule has 0 aromatic heterocycles. The Labute approximate surface area is 126 Å². The van der Waals surface area contributed by atoms with Gasteiger partial charge in [-0.3, -0.25) is 0 Å². The van der Waals surface area contributed by atoms with Gasteiger partial charge in [0.15, 0.2) is 0 Å². The third-order valence-corrected chi connectivity index (χ3v) is 4.72. The molecule has 2 aromatic carbocycles. The molecule has 0 bridgehead atoms. The molecule has 0 spiro atoms. The molecule has 0 aliphatic carbocycles. The summed E-state index contributed by atoms with van der Waals surface area (Å²) in [4.78, 5) is 0. The van der Waals surface area contributed by atoms with E-state index in [1.165, 1.54) is 0 Å². The van der Waals surface area contributed by atoms with Crippen molar-refractivity contribution in [3.8, 4) is 5.75 Å². The van der Waals surface area contributed by atoms with E-state index in [9.17, 15) is 5.11 Å². The van der Waals surface area contributed by atoms with Gasteiger partial charge in [-0.05, 0) is 48.7 Å². The fourth-order valence-electron chi connectivity index (χ4n) is 2.76. The molecule has 0 aliphatic rings. The maximum atomic E-state index is 9.44. The molecule has 0 fully saturated rings. The summed E-state index contributed by atoms with van der Waals surface area (Å²) >= 11 is 0. The van der Waals surface area contributed by atoms with Crippen LogP contribution in [-0.4, -0.2) is 24.4 Å². The number of methoxy groups -OCH3 is 1. The van der Waals surface area contributed by atoms with Crippen molar-refractivity contribution in [2.75, 3.05) is 13.7 Å². The van der Waals surface area contributed by atoms with Crippen LogP contribution in [0.4, 0.5) is 0 Å². The molecule has 0 saturated heterocycles. The van der Waals surface area contributed by atoms with Crippen LogP contribution in [0.2, 0.25) is 0 Å². The maximum absolute atomic E-state index is 9.44. The van der Waals surface area contributed by atoms with Crippen molar-refractivity contribution in [2.24, 2.45) is 5.73 Å². The summed E-state index contributed by atoms with van der Waals surface area (Å²) in [6, 6.07) is 12.4. The summed E-state index contributed by atoms with van der Waals surface area (Å²) in [6.07, 6.45) is 0.637. The molecule has 2 rings (SSSR count). The standard InChI is InChI=1S/C18H25NO2/c1-17(2,19)18(3,9-10-20)15-7-5-14-12-16(21-4)8-6-13(14)11-15/h5-8,11-12,20H,9-10,19H2,1-4H3. The molecule has 0 aliphatic heterocycles. The molecule has 3 nitrogen and oxygen atoms in total. The second-order valence-corrected chi connectivity index (χ2v) is 6.46. The van der Waals surface area contributed by atoms with Crippen molar-refractivity contribution in [2.45, 2.75) is 38.1 Å². The Morgan fingerprint density at radius 1 is 1.05 bits per heavy atom. The lowest BCUT2D eigenvalue weighted by Gasteiger charge is -2.42. The predicted octanol–water partition coefficient (Wildman–Crippen LogP) is 3.23. The summed E-state index contributed by atoms with van der Waals surface area (Å²) in [5.74, 6) is 0.854. The average Bonchev–Trinajstić information content (AvgIpc) is 2.45. The van der Waals surface area contributed by atoms with Crippen molar-refractivity contribution in [1.29, 1.82) is 0 Å². The second-order valence-electron chi connectivity index (χ2n) is 6.46. The van der Waals surface area contributed by atoms with Crippen molar-refractivity contribution in [3.05, 3.63) is 42.0 Å². The van der Waals surface area contributed by atoms with Gasteiger partial charge in [-0.15, -0.1) is 0 Å². The lowest BCUT2D eigenvalue weighted by Crippen LogP contribution is -2.52. The number of aliphatic hydroxyl groups is 1. The first-order chi connectivity index (χ1) is 9.81. The van der Waals surface area contributed by atoms with Gasteiger partial charge in [0.1, 0.15) is 5.75 Å². The van der Waals surface area contributed by atoms with Crippen molar-refractivity contribution >= 4 is 10.8 Å². The summed E-state index contributed by atoms with van der Waals surface area (Å²) in [7, 11) is 1.67. The van der Waals surface area contributed by atoms with Crippen LogP contribution >= 0.6 is 0 Å². The smallest absolute Gasteiger partial charge is 0.119 e. The highest BCUT2D eigenvalue weighted by molar-refractivity contribution is 5.84. The Bertz CT molecular complexity index is 631. The molecule has 21 heavy (non-hydrogen) atoms. The van der Waals surface area contributed by atoms with Gasteiger partial charge in [0, 0.05) is 17.6 Å². The van der Waals surface area contributed by atoms with Crippen LogP contribution in [-0.2, 0) is 5.41 Å². The van der Waals surface area contributed by atoms with E-state index in [-0.39, 0.29) is 12.0 Å². The second kappa shape index (κ2) is 5.66. The molecular weight excluding hydrogens is 262 g/mol.